The number of carbonyl (C=O) groups excluding carboxylic acids is 2. The predicted molar refractivity (Wildman–Crippen MR) is 112 cm³/mol. The van der Waals surface area contributed by atoms with Gasteiger partial charge in [0.25, 0.3) is 11.8 Å². The van der Waals surface area contributed by atoms with E-state index < -0.39 is 5.91 Å². The Balaban J connectivity index is 0.00000280. The Labute approximate surface area is 174 Å². The second-order valence-corrected chi connectivity index (χ2v) is 6.82. The molecule has 1 atom stereocenters. The zero-order chi connectivity index (χ0) is 19.4. The van der Waals surface area contributed by atoms with E-state index in [1.807, 2.05) is 17.0 Å². The van der Waals surface area contributed by atoms with Crippen molar-refractivity contribution in [3.63, 3.8) is 0 Å². The predicted octanol–water partition coefficient (Wildman–Crippen LogP) is 3.61. The number of carbonyl (C=O) groups is 2. The molecule has 0 bridgehead atoms. The Hall–Kier alpha value is -2.54. The van der Waals surface area contributed by atoms with Gasteiger partial charge in [0.1, 0.15) is 0 Å². The zero-order valence-corrected chi connectivity index (χ0v) is 16.6. The molecule has 1 heterocycles. The first-order chi connectivity index (χ1) is 13.0. The van der Waals surface area contributed by atoms with E-state index in [9.17, 15) is 9.59 Å². The van der Waals surface area contributed by atoms with Crippen LogP contribution in [0.1, 0.15) is 22.3 Å². The summed E-state index contributed by atoms with van der Waals surface area (Å²) in [5.41, 5.74) is 3.90. The van der Waals surface area contributed by atoms with Crippen LogP contribution in [0.2, 0.25) is 5.02 Å². The fraction of sp³-hybridized carbons (Fsp3) is 0.200. The fourth-order valence-corrected chi connectivity index (χ4v) is 3.17. The van der Waals surface area contributed by atoms with Crippen LogP contribution in [0.15, 0.2) is 55.1 Å². The second-order valence-electron chi connectivity index (χ2n) is 6.38. The van der Waals surface area contributed by atoms with Gasteiger partial charge in [0, 0.05) is 41.0 Å². The third-order valence-corrected chi connectivity index (χ3v) is 4.80. The van der Waals surface area contributed by atoms with E-state index in [-0.39, 0.29) is 29.9 Å². The van der Waals surface area contributed by atoms with Gasteiger partial charge in [-0.25, -0.2) is 5.48 Å². The van der Waals surface area contributed by atoms with Crippen molar-refractivity contribution >= 4 is 47.1 Å². The summed E-state index contributed by atoms with van der Waals surface area (Å²) in [5, 5.41) is 12.7. The van der Waals surface area contributed by atoms with E-state index in [0.717, 1.165) is 12.1 Å². The second kappa shape index (κ2) is 9.59. The number of nitrogens with one attached hydrogen (secondary N) is 2. The molecule has 2 aromatic rings. The number of anilines is 1. The largest absolute Gasteiger partial charge is 0.380 e. The van der Waals surface area contributed by atoms with E-state index in [1.54, 1.807) is 41.9 Å². The number of rotatable bonds is 5. The van der Waals surface area contributed by atoms with Gasteiger partial charge in [-0.1, -0.05) is 30.3 Å². The van der Waals surface area contributed by atoms with Crippen LogP contribution in [0.25, 0.3) is 5.57 Å². The monoisotopic (exact) mass is 421 g/mol. The maximum atomic E-state index is 12.6. The number of benzene rings is 2. The number of hydrogen-bond acceptors (Lipinski definition) is 4. The van der Waals surface area contributed by atoms with E-state index >= 15 is 0 Å². The van der Waals surface area contributed by atoms with Crippen LogP contribution in [-0.2, 0) is 4.79 Å². The number of hydrogen-bond donors (Lipinski definition) is 3. The molecular formula is C20H21Cl2N3O3. The number of likely N-dealkylation sites (tertiary alicyclic amines) is 1. The maximum absolute atomic E-state index is 12.6. The number of amides is 2. The molecule has 0 saturated carbocycles. The Morgan fingerprint density at radius 1 is 1.07 bits per heavy atom. The van der Waals surface area contributed by atoms with Crippen molar-refractivity contribution in [3.8, 4) is 0 Å². The van der Waals surface area contributed by atoms with Crippen LogP contribution in [0.4, 0.5) is 5.69 Å². The Morgan fingerprint density at radius 3 is 2.29 bits per heavy atom. The topological polar surface area (TPSA) is 81.7 Å². The van der Waals surface area contributed by atoms with Gasteiger partial charge < -0.3 is 10.2 Å². The lowest BCUT2D eigenvalue weighted by molar-refractivity contribution is -0.123. The highest BCUT2D eigenvalue weighted by Crippen LogP contribution is 2.21. The Bertz CT molecular complexity index is 854. The summed E-state index contributed by atoms with van der Waals surface area (Å²) < 4.78 is 0. The van der Waals surface area contributed by atoms with Gasteiger partial charge in [-0.3, -0.25) is 14.8 Å². The maximum Gasteiger partial charge on any atom is 0.274 e. The van der Waals surface area contributed by atoms with Crippen LogP contribution in [0, 0.1) is 0 Å². The van der Waals surface area contributed by atoms with Crippen LogP contribution < -0.4 is 10.8 Å². The molecule has 1 aliphatic heterocycles. The third-order valence-electron chi connectivity index (χ3n) is 4.55. The minimum Gasteiger partial charge on any atom is -0.380 e. The van der Waals surface area contributed by atoms with Crippen molar-refractivity contribution in [1.82, 2.24) is 10.4 Å². The van der Waals surface area contributed by atoms with Gasteiger partial charge in [0.2, 0.25) is 0 Å². The molecule has 0 unspecified atom stereocenters. The molecule has 0 aliphatic carbocycles. The molecule has 0 spiro atoms. The lowest BCUT2D eigenvalue weighted by Gasteiger charge is -2.18. The molecule has 148 valence electrons. The molecule has 2 amide bonds. The summed E-state index contributed by atoms with van der Waals surface area (Å²) in [5.74, 6) is -0.638. The summed E-state index contributed by atoms with van der Waals surface area (Å²) in [6, 6.07) is 14.2. The molecule has 0 radical (unpaired) electrons. The summed E-state index contributed by atoms with van der Waals surface area (Å²) in [4.78, 5) is 25.8. The molecule has 8 heteroatoms. The lowest BCUT2D eigenvalue weighted by Crippen LogP contribution is -2.31. The molecule has 3 rings (SSSR count). The molecule has 1 fully saturated rings. The van der Waals surface area contributed by atoms with Crippen LogP contribution in [0.3, 0.4) is 0 Å². The first kappa shape index (κ1) is 21.8. The third kappa shape index (κ3) is 5.04. The smallest absolute Gasteiger partial charge is 0.274 e. The molecule has 1 saturated heterocycles. The van der Waals surface area contributed by atoms with E-state index in [4.69, 9.17) is 16.8 Å². The summed E-state index contributed by atoms with van der Waals surface area (Å²) in [6.07, 6.45) is 0.848. The van der Waals surface area contributed by atoms with Gasteiger partial charge in [-0.2, -0.15) is 0 Å². The van der Waals surface area contributed by atoms with Crippen molar-refractivity contribution in [2.75, 3.05) is 18.4 Å². The van der Waals surface area contributed by atoms with Crippen molar-refractivity contribution in [2.24, 2.45) is 0 Å². The molecular weight excluding hydrogens is 401 g/mol. The van der Waals surface area contributed by atoms with Crippen molar-refractivity contribution in [2.45, 2.75) is 12.5 Å². The number of hydroxylamine groups is 1. The van der Waals surface area contributed by atoms with Crippen molar-refractivity contribution < 1.29 is 14.8 Å². The van der Waals surface area contributed by atoms with Crippen LogP contribution in [0.5, 0.6) is 0 Å². The average Bonchev–Trinajstić information content (AvgIpc) is 3.16. The Kier molecular flexibility index (Phi) is 7.45. The standard InChI is InChI=1S/C20H20ClN3O3.ClH/c1-13(19(25)23-27)14-4-8-17(9-5-14)22-18-10-11-24(12-18)20(26)15-2-6-16(21)7-3-15;/h2-9,18,22,27H,1,10-12H2,(H,23,25);1H/t18-;/m1./s1. The van der Waals surface area contributed by atoms with E-state index in [1.165, 1.54) is 0 Å². The molecule has 6 nitrogen and oxygen atoms in total. The Morgan fingerprint density at radius 2 is 1.68 bits per heavy atom. The van der Waals surface area contributed by atoms with E-state index in [0.29, 0.717) is 29.2 Å². The summed E-state index contributed by atoms with van der Waals surface area (Å²) in [7, 11) is 0. The van der Waals surface area contributed by atoms with Crippen molar-refractivity contribution in [1.29, 1.82) is 0 Å². The number of nitrogens with zero attached hydrogens (tertiary/aromatic N) is 1. The van der Waals surface area contributed by atoms with Gasteiger partial charge in [0.15, 0.2) is 0 Å². The first-order valence-corrected chi connectivity index (χ1v) is 8.91. The molecule has 3 N–H and O–H groups in total. The molecule has 28 heavy (non-hydrogen) atoms. The SMILES string of the molecule is C=C(C(=O)NO)c1ccc(N[C@@H]2CCN(C(=O)c3ccc(Cl)cc3)C2)cc1.Cl. The highest BCUT2D eigenvalue weighted by atomic mass is 35.5. The quantitative estimate of drug-likeness (QED) is 0.391. The minimum atomic E-state index is -0.636. The molecule has 2 aromatic carbocycles. The van der Waals surface area contributed by atoms with Gasteiger partial charge in [-0.15, -0.1) is 12.4 Å². The highest BCUT2D eigenvalue weighted by Gasteiger charge is 2.26. The fourth-order valence-electron chi connectivity index (χ4n) is 3.04. The lowest BCUT2D eigenvalue weighted by atomic mass is 10.1. The highest BCUT2D eigenvalue weighted by molar-refractivity contribution is 6.30. The number of halogens is 2. The van der Waals surface area contributed by atoms with Crippen molar-refractivity contribution in [3.05, 3.63) is 71.3 Å². The van der Waals surface area contributed by atoms with Crippen LogP contribution >= 0.6 is 24.0 Å². The zero-order valence-electron chi connectivity index (χ0n) is 15.0. The minimum absolute atomic E-state index is 0. The molecule has 1 aliphatic rings. The van der Waals surface area contributed by atoms with Gasteiger partial charge in [-0.05, 0) is 48.4 Å². The first-order valence-electron chi connectivity index (χ1n) is 8.53. The normalized spacial score (nSPS) is 15.5. The van der Waals surface area contributed by atoms with E-state index in [2.05, 4.69) is 11.9 Å². The van der Waals surface area contributed by atoms with Crippen LogP contribution in [-0.4, -0.2) is 41.1 Å². The molecule has 0 aromatic heterocycles. The summed E-state index contributed by atoms with van der Waals surface area (Å²) >= 11 is 5.87. The van der Waals surface area contributed by atoms with Gasteiger partial charge >= 0.3 is 0 Å². The summed E-state index contributed by atoms with van der Waals surface area (Å²) in [6.45, 7) is 4.95. The average molecular weight is 422 g/mol. The van der Waals surface area contributed by atoms with Gasteiger partial charge in [0.05, 0.1) is 0 Å².